The highest BCUT2D eigenvalue weighted by molar-refractivity contribution is 6.10. The predicted octanol–water partition coefficient (Wildman–Crippen LogP) is 2.71. The summed E-state index contributed by atoms with van der Waals surface area (Å²) in [6.45, 7) is 3.18. The number of Topliss-reactive ketones (excluding diaryl/α,β-unsaturated/α-hetero) is 1. The van der Waals surface area contributed by atoms with Crippen molar-refractivity contribution in [2.45, 2.75) is 31.3 Å². The molecule has 3 heterocycles. The Hall–Kier alpha value is -2.90. The second kappa shape index (κ2) is 7.98. The zero-order valence-electron chi connectivity index (χ0n) is 17.4. The lowest BCUT2D eigenvalue weighted by atomic mass is 9.88. The largest absolute Gasteiger partial charge is 0.486 e. The Labute approximate surface area is 181 Å². The summed E-state index contributed by atoms with van der Waals surface area (Å²) >= 11 is 0. The molecule has 162 valence electrons. The van der Waals surface area contributed by atoms with Crippen LogP contribution < -0.4 is 14.4 Å². The van der Waals surface area contributed by atoms with Gasteiger partial charge in [-0.2, -0.15) is 0 Å². The van der Waals surface area contributed by atoms with E-state index in [1.807, 2.05) is 12.1 Å². The Kier molecular flexibility index (Phi) is 5.16. The number of nitrogens with zero attached hydrogens (tertiary/aromatic N) is 2. The van der Waals surface area contributed by atoms with Gasteiger partial charge >= 0.3 is 0 Å². The van der Waals surface area contributed by atoms with Crippen molar-refractivity contribution in [2.24, 2.45) is 0 Å². The number of anilines is 1. The molecule has 0 saturated carbocycles. The Balaban J connectivity index is 1.41. The molecule has 0 spiro atoms. The molecule has 0 aromatic heterocycles. The minimum atomic E-state index is -1.88. The first-order valence-electron chi connectivity index (χ1n) is 10.9. The Bertz CT molecular complexity index is 1020. The van der Waals surface area contributed by atoms with E-state index in [-0.39, 0.29) is 12.2 Å². The van der Waals surface area contributed by atoms with Crippen molar-refractivity contribution >= 4 is 17.4 Å². The molecule has 0 radical (unpaired) electrons. The lowest BCUT2D eigenvalue weighted by molar-refractivity contribution is -0.136. The third-order valence-corrected chi connectivity index (χ3v) is 6.31. The van der Waals surface area contributed by atoms with Crippen molar-refractivity contribution in [2.75, 3.05) is 37.9 Å². The van der Waals surface area contributed by atoms with Crippen LogP contribution in [0.5, 0.6) is 11.5 Å². The summed E-state index contributed by atoms with van der Waals surface area (Å²) in [7, 11) is 0. The number of ketones is 1. The van der Waals surface area contributed by atoms with E-state index in [1.165, 1.54) is 6.42 Å². The SMILES string of the molecule is O=C(CC1(O)C(=O)N(CN2CCCCC2)c2ccccc21)c1ccc2c(c1)OCCO2. The standard InChI is InChI=1S/C24H26N2O5/c27-20(17-8-9-21-22(14-17)31-13-12-30-21)15-24(29)18-6-2-3-7-19(18)26(23(24)28)16-25-10-4-1-5-11-25/h2-3,6-9,14,29H,1,4-5,10-13,15-16H2. The number of piperidine rings is 1. The number of fused-ring (bicyclic) bond motifs is 2. The van der Waals surface area contributed by atoms with Crippen molar-refractivity contribution in [1.29, 1.82) is 0 Å². The number of hydrogen-bond donors (Lipinski definition) is 1. The van der Waals surface area contributed by atoms with Gasteiger partial charge in [-0.15, -0.1) is 0 Å². The predicted molar refractivity (Wildman–Crippen MR) is 114 cm³/mol. The van der Waals surface area contributed by atoms with Gasteiger partial charge in [-0.3, -0.25) is 19.4 Å². The van der Waals surface area contributed by atoms with Crippen LogP contribution in [0.15, 0.2) is 42.5 Å². The summed E-state index contributed by atoms with van der Waals surface area (Å²) in [4.78, 5) is 30.4. The van der Waals surface area contributed by atoms with Crippen molar-refractivity contribution in [3.63, 3.8) is 0 Å². The fourth-order valence-electron chi connectivity index (χ4n) is 4.67. The topological polar surface area (TPSA) is 79.3 Å². The van der Waals surface area contributed by atoms with Crippen LogP contribution in [0, 0.1) is 0 Å². The second-order valence-electron chi connectivity index (χ2n) is 8.39. The van der Waals surface area contributed by atoms with E-state index in [0.717, 1.165) is 25.9 Å². The number of likely N-dealkylation sites (tertiary alicyclic amines) is 1. The number of hydrogen-bond acceptors (Lipinski definition) is 6. The van der Waals surface area contributed by atoms with Gasteiger partial charge in [0.1, 0.15) is 13.2 Å². The van der Waals surface area contributed by atoms with Crippen LogP contribution in [0.4, 0.5) is 5.69 Å². The molecule has 7 heteroatoms. The number of ether oxygens (including phenoxy) is 2. The van der Waals surface area contributed by atoms with Crippen molar-refractivity contribution < 1.29 is 24.2 Å². The molecule has 2 aromatic carbocycles. The molecule has 1 amide bonds. The fraction of sp³-hybridized carbons (Fsp3) is 0.417. The molecule has 1 atom stereocenters. The van der Waals surface area contributed by atoms with Gasteiger partial charge in [-0.1, -0.05) is 24.6 Å². The zero-order chi connectivity index (χ0) is 21.4. The Morgan fingerprint density at radius 2 is 1.74 bits per heavy atom. The Morgan fingerprint density at radius 3 is 2.55 bits per heavy atom. The maximum atomic E-state index is 13.4. The first-order valence-corrected chi connectivity index (χ1v) is 10.9. The first-order chi connectivity index (χ1) is 15.1. The number of rotatable bonds is 5. The minimum Gasteiger partial charge on any atom is -0.486 e. The third kappa shape index (κ3) is 3.58. The van der Waals surface area contributed by atoms with E-state index in [9.17, 15) is 14.7 Å². The van der Waals surface area contributed by atoms with Crippen molar-refractivity contribution in [1.82, 2.24) is 4.90 Å². The molecule has 0 bridgehead atoms. The molecule has 2 aromatic rings. The van der Waals surface area contributed by atoms with Crippen molar-refractivity contribution in [3.8, 4) is 11.5 Å². The molecule has 7 nitrogen and oxygen atoms in total. The average molecular weight is 422 g/mol. The molecule has 1 unspecified atom stereocenters. The van der Waals surface area contributed by atoms with Gasteiger partial charge in [0.25, 0.3) is 5.91 Å². The van der Waals surface area contributed by atoms with Crippen molar-refractivity contribution in [3.05, 3.63) is 53.6 Å². The van der Waals surface area contributed by atoms with Gasteiger partial charge in [0, 0.05) is 11.1 Å². The van der Waals surface area contributed by atoms with E-state index in [0.29, 0.717) is 48.2 Å². The molecule has 31 heavy (non-hydrogen) atoms. The lowest BCUT2D eigenvalue weighted by Crippen LogP contribution is -2.47. The number of benzene rings is 2. The fourth-order valence-corrected chi connectivity index (χ4v) is 4.67. The van der Waals surface area contributed by atoms with E-state index in [1.54, 1.807) is 35.2 Å². The molecule has 1 saturated heterocycles. The number of para-hydroxylation sites is 1. The van der Waals surface area contributed by atoms with Crippen LogP contribution in [0.2, 0.25) is 0 Å². The number of carbonyl (C=O) groups excluding carboxylic acids is 2. The summed E-state index contributed by atoms with van der Waals surface area (Å²) in [6, 6.07) is 12.2. The van der Waals surface area contributed by atoms with E-state index in [4.69, 9.17) is 9.47 Å². The highest BCUT2D eigenvalue weighted by Gasteiger charge is 2.51. The van der Waals surface area contributed by atoms with Crippen LogP contribution in [-0.4, -0.2) is 54.7 Å². The van der Waals surface area contributed by atoms with Crippen LogP contribution in [-0.2, 0) is 10.4 Å². The molecular weight excluding hydrogens is 396 g/mol. The quantitative estimate of drug-likeness (QED) is 0.747. The van der Waals surface area contributed by atoms with Gasteiger partial charge in [-0.05, 0) is 50.2 Å². The van der Waals surface area contributed by atoms with Gasteiger partial charge in [0.2, 0.25) is 0 Å². The van der Waals surface area contributed by atoms with Gasteiger partial charge < -0.3 is 14.6 Å². The number of amides is 1. The smallest absolute Gasteiger partial charge is 0.265 e. The summed E-state index contributed by atoms with van der Waals surface area (Å²) < 4.78 is 11.1. The molecule has 1 N–H and O–H groups in total. The maximum Gasteiger partial charge on any atom is 0.265 e. The molecule has 0 aliphatic carbocycles. The minimum absolute atomic E-state index is 0.317. The van der Waals surface area contributed by atoms with Crippen LogP contribution in [0.3, 0.4) is 0 Å². The van der Waals surface area contributed by atoms with Gasteiger partial charge in [0.05, 0.1) is 18.8 Å². The second-order valence-corrected chi connectivity index (χ2v) is 8.39. The molecule has 3 aliphatic heterocycles. The third-order valence-electron chi connectivity index (χ3n) is 6.31. The normalized spacial score (nSPS) is 23.0. The summed E-state index contributed by atoms with van der Waals surface area (Å²) in [6.07, 6.45) is 3.10. The highest BCUT2D eigenvalue weighted by Crippen LogP contribution is 2.43. The van der Waals surface area contributed by atoms with E-state index in [2.05, 4.69) is 4.90 Å². The Morgan fingerprint density at radius 1 is 1.00 bits per heavy atom. The van der Waals surface area contributed by atoms with E-state index < -0.39 is 11.5 Å². The van der Waals surface area contributed by atoms with Crippen LogP contribution in [0.25, 0.3) is 0 Å². The summed E-state index contributed by atoms with van der Waals surface area (Å²) in [5.74, 6) is 0.345. The van der Waals surface area contributed by atoms with E-state index >= 15 is 0 Å². The number of carbonyl (C=O) groups is 2. The first kappa shape index (κ1) is 20.0. The van der Waals surface area contributed by atoms with Crippen LogP contribution in [0.1, 0.15) is 41.6 Å². The summed E-state index contributed by atoms with van der Waals surface area (Å²) in [5, 5.41) is 11.5. The van der Waals surface area contributed by atoms with Gasteiger partial charge in [-0.25, -0.2) is 0 Å². The zero-order valence-corrected chi connectivity index (χ0v) is 17.4. The summed E-state index contributed by atoms with van der Waals surface area (Å²) in [5.41, 5.74) is -0.327. The molecule has 3 aliphatic rings. The number of aliphatic hydroxyl groups is 1. The van der Waals surface area contributed by atoms with Crippen LogP contribution >= 0.6 is 0 Å². The monoisotopic (exact) mass is 422 g/mol. The highest BCUT2D eigenvalue weighted by atomic mass is 16.6. The average Bonchev–Trinajstić information content (AvgIpc) is 3.01. The molecular formula is C24H26N2O5. The molecule has 1 fully saturated rings. The maximum absolute atomic E-state index is 13.4. The molecule has 5 rings (SSSR count). The lowest BCUT2D eigenvalue weighted by Gasteiger charge is -2.31. The van der Waals surface area contributed by atoms with Gasteiger partial charge in [0.15, 0.2) is 22.9 Å².